The van der Waals surface area contributed by atoms with Gasteiger partial charge in [0.15, 0.2) is 12.6 Å². The van der Waals surface area contributed by atoms with Crippen molar-refractivity contribution >= 4 is 23.5 Å². The summed E-state index contributed by atoms with van der Waals surface area (Å²) in [6, 6.07) is 2.89. The molecule has 0 aliphatic carbocycles. The molecule has 112 valence electrons. The Labute approximate surface area is 119 Å². The SMILES string of the molecule is C[C@@H](O)[C@H](NC(=O)c1ccc2c(c1)OCC(=O)N2)C(=O)O. The molecule has 1 aliphatic rings. The number of carbonyl (C=O) groups is 3. The Morgan fingerprint density at radius 3 is 2.76 bits per heavy atom. The number of nitrogens with one attached hydrogen (secondary N) is 2. The first kappa shape index (κ1) is 14.8. The summed E-state index contributed by atoms with van der Waals surface area (Å²) in [5, 5.41) is 23.0. The Morgan fingerprint density at radius 2 is 2.14 bits per heavy atom. The van der Waals surface area contributed by atoms with Crippen LogP contribution in [-0.4, -0.2) is 46.7 Å². The van der Waals surface area contributed by atoms with Crippen molar-refractivity contribution in [2.75, 3.05) is 11.9 Å². The summed E-state index contributed by atoms with van der Waals surface area (Å²) in [6.07, 6.45) is -1.24. The lowest BCUT2D eigenvalue weighted by Crippen LogP contribution is -2.47. The zero-order valence-corrected chi connectivity index (χ0v) is 11.1. The summed E-state index contributed by atoms with van der Waals surface area (Å²) in [4.78, 5) is 34.0. The quantitative estimate of drug-likeness (QED) is 0.598. The van der Waals surface area contributed by atoms with Crippen LogP contribution >= 0.6 is 0 Å². The molecule has 8 heteroatoms. The molecule has 0 saturated carbocycles. The minimum atomic E-state index is -1.41. The molecule has 1 aliphatic heterocycles. The third kappa shape index (κ3) is 3.29. The van der Waals surface area contributed by atoms with Gasteiger partial charge in [0.2, 0.25) is 0 Å². The number of aliphatic hydroxyl groups is 1. The number of benzene rings is 1. The zero-order valence-electron chi connectivity index (χ0n) is 11.1. The van der Waals surface area contributed by atoms with Crippen LogP contribution in [0.1, 0.15) is 17.3 Å². The van der Waals surface area contributed by atoms with Gasteiger partial charge in [-0.25, -0.2) is 4.79 Å². The van der Waals surface area contributed by atoms with E-state index in [9.17, 15) is 19.5 Å². The lowest BCUT2D eigenvalue weighted by Gasteiger charge is -2.20. The molecule has 0 spiro atoms. The third-order valence-corrected chi connectivity index (χ3v) is 2.91. The second kappa shape index (κ2) is 5.80. The van der Waals surface area contributed by atoms with Crippen molar-refractivity contribution in [1.82, 2.24) is 5.32 Å². The standard InChI is InChI=1S/C13H14N2O6/c1-6(16)11(13(19)20)15-12(18)7-2-3-8-9(4-7)21-5-10(17)14-8/h2-4,6,11,16H,5H2,1H3,(H,14,17)(H,15,18)(H,19,20)/t6-,11+/m1/s1. The lowest BCUT2D eigenvalue weighted by molar-refractivity contribution is -0.141. The molecule has 1 heterocycles. The van der Waals surface area contributed by atoms with Gasteiger partial charge in [0.05, 0.1) is 11.8 Å². The van der Waals surface area contributed by atoms with Crippen LogP contribution in [0, 0.1) is 0 Å². The van der Waals surface area contributed by atoms with Crippen molar-refractivity contribution in [2.45, 2.75) is 19.1 Å². The highest BCUT2D eigenvalue weighted by atomic mass is 16.5. The summed E-state index contributed by atoms with van der Waals surface area (Å²) in [5.41, 5.74) is 0.602. The van der Waals surface area contributed by atoms with Crippen molar-refractivity contribution < 1.29 is 29.3 Å². The second-order valence-corrected chi connectivity index (χ2v) is 4.58. The molecular formula is C13H14N2O6. The van der Waals surface area contributed by atoms with Gasteiger partial charge in [-0.05, 0) is 25.1 Å². The van der Waals surface area contributed by atoms with Crippen molar-refractivity contribution in [1.29, 1.82) is 0 Å². The highest BCUT2D eigenvalue weighted by Gasteiger charge is 2.26. The molecule has 21 heavy (non-hydrogen) atoms. The Bertz CT molecular complexity index is 598. The van der Waals surface area contributed by atoms with E-state index in [1.807, 2.05) is 0 Å². The number of amides is 2. The Hall–Kier alpha value is -2.61. The lowest BCUT2D eigenvalue weighted by atomic mass is 10.1. The Morgan fingerprint density at radius 1 is 1.43 bits per heavy atom. The van der Waals surface area contributed by atoms with Crippen LogP contribution in [0.25, 0.3) is 0 Å². The first-order valence-electron chi connectivity index (χ1n) is 6.17. The number of carbonyl (C=O) groups excluding carboxylic acids is 2. The van der Waals surface area contributed by atoms with Crippen molar-refractivity contribution in [3.05, 3.63) is 23.8 Å². The third-order valence-electron chi connectivity index (χ3n) is 2.91. The summed E-state index contributed by atoms with van der Waals surface area (Å²) < 4.78 is 5.17. The van der Waals surface area contributed by atoms with Gasteiger partial charge >= 0.3 is 5.97 Å². The number of fused-ring (bicyclic) bond motifs is 1. The van der Waals surface area contributed by atoms with E-state index in [0.29, 0.717) is 11.4 Å². The van der Waals surface area contributed by atoms with Gasteiger partial charge in [0.25, 0.3) is 11.8 Å². The maximum Gasteiger partial charge on any atom is 0.328 e. The Kier molecular flexibility index (Phi) is 4.08. The summed E-state index contributed by atoms with van der Waals surface area (Å²) >= 11 is 0. The molecule has 0 unspecified atom stereocenters. The van der Waals surface area contributed by atoms with E-state index in [1.54, 1.807) is 0 Å². The fourth-order valence-electron chi connectivity index (χ4n) is 1.83. The smallest absolute Gasteiger partial charge is 0.328 e. The number of aliphatic carboxylic acids is 1. The predicted octanol–water partition coefficient (Wildman–Crippen LogP) is -0.419. The Balaban J connectivity index is 2.17. The van der Waals surface area contributed by atoms with Crippen molar-refractivity contribution in [3.8, 4) is 5.75 Å². The number of carboxylic acids is 1. The van der Waals surface area contributed by atoms with Crippen LogP contribution in [0.15, 0.2) is 18.2 Å². The molecule has 8 nitrogen and oxygen atoms in total. The molecule has 0 radical (unpaired) electrons. The number of hydrogen-bond donors (Lipinski definition) is 4. The summed E-state index contributed by atoms with van der Waals surface area (Å²) in [5.74, 6) is -1.96. The predicted molar refractivity (Wildman–Crippen MR) is 71.1 cm³/mol. The van der Waals surface area contributed by atoms with E-state index in [1.165, 1.54) is 25.1 Å². The van der Waals surface area contributed by atoms with Crippen LogP contribution < -0.4 is 15.4 Å². The molecule has 1 aromatic carbocycles. The average molecular weight is 294 g/mol. The van der Waals surface area contributed by atoms with E-state index in [-0.39, 0.29) is 18.1 Å². The normalized spacial score (nSPS) is 16.0. The topological polar surface area (TPSA) is 125 Å². The highest BCUT2D eigenvalue weighted by molar-refractivity contribution is 6.00. The highest BCUT2D eigenvalue weighted by Crippen LogP contribution is 2.28. The second-order valence-electron chi connectivity index (χ2n) is 4.58. The number of aliphatic hydroxyl groups excluding tert-OH is 1. The number of hydrogen-bond acceptors (Lipinski definition) is 5. The van der Waals surface area contributed by atoms with Gasteiger partial charge in [-0.2, -0.15) is 0 Å². The first-order chi connectivity index (χ1) is 9.88. The maximum absolute atomic E-state index is 12.0. The number of rotatable bonds is 4. The van der Waals surface area contributed by atoms with E-state index >= 15 is 0 Å². The van der Waals surface area contributed by atoms with Gasteiger partial charge in [-0.3, -0.25) is 9.59 Å². The molecular weight excluding hydrogens is 280 g/mol. The molecule has 0 fully saturated rings. The van der Waals surface area contributed by atoms with E-state index in [2.05, 4.69) is 10.6 Å². The minimum Gasteiger partial charge on any atom is -0.482 e. The molecule has 2 amide bonds. The molecule has 2 atom stereocenters. The maximum atomic E-state index is 12.0. The van der Waals surface area contributed by atoms with Crippen LogP contribution in [0.5, 0.6) is 5.75 Å². The summed E-state index contributed by atoms with van der Waals surface area (Å²) in [7, 11) is 0. The fraction of sp³-hybridized carbons (Fsp3) is 0.308. The first-order valence-corrected chi connectivity index (χ1v) is 6.17. The van der Waals surface area contributed by atoms with E-state index in [0.717, 1.165) is 0 Å². The van der Waals surface area contributed by atoms with Crippen molar-refractivity contribution in [3.63, 3.8) is 0 Å². The number of carboxylic acid groups (broad SMARTS) is 1. The molecule has 1 aromatic rings. The van der Waals surface area contributed by atoms with Crippen LogP contribution in [0.3, 0.4) is 0 Å². The van der Waals surface area contributed by atoms with Gasteiger partial charge in [0, 0.05) is 5.56 Å². The zero-order chi connectivity index (χ0) is 15.6. The van der Waals surface area contributed by atoms with Crippen LogP contribution in [-0.2, 0) is 9.59 Å². The van der Waals surface area contributed by atoms with Gasteiger partial charge < -0.3 is 25.6 Å². The molecule has 4 N–H and O–H groups in total. The van der Waals surface area contributed by atoms with Crippen molar-refractivity contribution in [2.24, 2.45) is 0 Å². The van der Waals surface area contributed by atoms with Gasteiger partial charge in [0.1, 0.15) is 5.75 Å². The largest absolute Gasteiger partial charge is 0.482 e. The van der Waals surface area contributed by atoms with Gasteiger partial charge in [-0.15, -0.1) is 0 Å². The monoisotopic (exact) mass is 294 g/mol. The molecule has 0 saturated heterocycles. The number of anilines is 1. The van der Waals surface area contributed by atoms with Crippen LogP contribution in [0.2, 0.25) is 0 Å². The summed E-state index contributed by atoms with van der Waals surface area (Å²) in [6.45, 7) is 1.12. The fourth-order valence-corrected chi connectivity index (χ4v) is 1.83. The minimum absolute atomic E-state index is 0.149. The number of ether oxygens (including phenoxy) is 1. The van der Waals surface area contributed by atoms with Crippen LogP contribution in [0.4, 0.5) is 5.69 Å². The van der Waals surface area contributed by atoms with Gasteiger partial charge in [-0.1, -0.05) is 0 Å². The van der Waals surface area contributed by atoms with E-state index in [4.69, 9.17) is 9.84 Å². The molecule has 0 aromatic heterocycles. The molecule has 2 rings (SSSR count). The molecule has 0 bridgehead atoms. The van der Waals surface area contributed by atoms with E-state index < -0.39 is 24.0 Å². The average Bonchev–Trinajstić information content (AvgIpc) is 2.43.